The Labute approximate surface area is 175 Å². The molecule has 0 spiro atoms. The molecule has 0 aliphatic heterocycles. The number of para-hydroxylation sites is 1. The van der Waals surface area contributed by atoms with Gasteiger partial charge in [0.1, 0.15) is 5.82 Å². The van der Waals surface area contributed by atoms with Crippen LogP contribution in [0.4, 0.5) is 5.82 Å². The normalized spacial score (nSPS) is 9.48. The third-order valence-electron chi connectivity index (χ3n) is 3.71. The highest BCUT2D eigenvalue weighted by atomic mass is 35.5. The van der Waals surface area contributed by atoms with E-state index in [4.69, 9.17) is 4.98 Å². The van der Waals surface area contributed by atoms with Crippen molar-refractivity contribution in [2.24, 2.45) is 0 Å². The molecule has 0 amide bonds. The minimum absolute atomic E-state index is 0. The van der Waals surface area contributed by atoms with Crippen molar-refractivity contribution in [2.75, 3.05) is 5.32 Å². The van der Waals surface area contributed by atoms with E-state index in [1.807, 2.05) is 54.7 Å². The molecule has 140 valence electrons. The van der Waals surface area contributed by atoms with Crippen LogP contribution in [0.15, 0.2) is 73.3 Å². The molecule has 8 heteroatoms. The standard InChI is InChI=1S/C19H15N5.3ClH/c1-2-8-17-16(7-1)19(22-12-14-5-3-9-20-11-14)24-18(23-17)15-6-4-10-21-13-15;;;/h1-11,13H,12H2,(H,22,23,24);3*1H/p-3. The number of hydrogen-bond donors (Lipinski definition) is 1. The van der Waals surface area contributed by atoms with Gasteiger partial charge in [-0.2, -0.15) is 0 Å². The summed E-state index contributed by atoms with van der Waals surface area (Å²) in [6, 6.07) is 15.8. The van der Waals surface area contributed by atoms with Crippen molar-refractivity contribution in [2.45, 2.75) is 6.54 Å². The quantitative estimate of drug-likeness (QED) is 0.358. The van der Waals surface area contributed by atoms with Crippen molar-refractivity contribution in [3.63, 3.8) is 0 Å². The predicted molar refractivity (Wildman–Crippen MR) is 94.3 cm³/mol. The summed E-state index contributed by atoms with van der Waals surface area (Å²) >= 11 is 0. The van der Waals surface area contributed by atoms with Crippen molar-refractivity contribution >= 4 is 16.7 Å². The second-order valence-electron chi connectivity index (χ2n) is 5.37. The second kappa shape index (κ2) is 10.6. The zero-order chi connectivity index (χ0) is 16.2. The Hall–Kier alpha value is -2.47. The van der Waals surface area contributed by atoms with E-state index in [0.29, 0.717) is 12.4 Å². The highest BCUT2D eigenvalue weighted by Crippen LogP contribution is 2.24. The molecule has 4 aromatic rings. The summed E-state index contributed by atoms with van der Waals surface area (Å²) in [5.41, 5.74) is 2.90. The summed E-state index contributed by atoms with van der Waals surface area (Å²) in [5.74, 6) is 1.47. The molecule has 1 aromatic carbocycles. The average molecular weight is 420 g/mol. The van der Waals surface area contributed by atoms with Crippen LogP contribution in [-0.2, 0) is 6.54 Å². The number of benzene rings is 1. The zero-order valence-electron chi connectivity index (χ0n) is 14.1. The second-order valence-corrected chi connectivity index (χ2v) is 5.37. The maximum Gasteiger partial charge on any atom is 0.163 e. The van der Waals surface area contributed by atoms with Gasteiger partial charge in [-0.05, 0) is 35.9 Å². The lowest BCUT2D eigenvalue weighted by atomic mass is 10.2. The average Bonchev–Trinajstić information content (AvgIpc) is 2.67. The van der Waals surface area contributed by atoms with Gasteiger partial charge in [0.25, 0.3) is 0 Å². The fraction of sp³-hybridized carbons (Fsp3) is 0.0526. The van der Waals surface area contributed by atoms with Crippen LogP contribution in [-0.4, -0.2) is 19.9 Å². The van der Waals surface area contributed by atoms with Crippen molar-refractivity contribution < 1.29 is 37.2 Å². The van der Waals surface area contributed by atoms with Crippen molar-refractivity contribution in [1.82, 2.24) is 19.9 Å². The topological polar surface area (TPSA) is 63.6 Å². The summed E-state index contributed by atoms with van der Waals surface area (Å²) in [6.07, 6.45) is 7.13. The summed E-state index contributed by atoms with van der Waals surface area (Å²) in [7, 11) is 0. The van der Waals surface area contributed by atoms with E-state index in [2.05, 4.69) is 20.3 Å². The fourth-order valence-electron chi connectivity index (χ4n) is 2.52. The van der Waals surface area contributed by atoms with Crippen LogP contribution >= 0.6 is 0 Å². The largest absolute Gasteiger partial charge is 1.00 e. The number of rotatable bonds is 4. The van der Waals surface area contributed by atoms with Gasteiger partial charge >= 0.3 is 0 Å². The summed E-state index contributed by atoms with van der Waals surface area (Å²) in [6.45, 7) is 0.654. The minimum Gasteiger partial charge on any atom is -1.00 e. The van der Waals surface area contributed by atoms with E-state index in [9.17, 15) is 0 Å². The number of aromatic nitrogens is 4. The van der Waals surface area contributed by atoms with Crippen molar-refractivity contribution in [1.29, 1.82) is 0 Å². The van der Waals surface area contributed by atoms with Crippen molar-refractivity contribution in [3.8, 4) is 11.4 Å². The Bertz CT molecular complexity index is 969. The van der Waals surface area contributed by atoms with E-state index in [1.165, 1.54) is 0 Å². The van der Waals surface area contributed by atoms with Gasteiger partial charge in [-0.3, -0.25) is 9.97 Å². The fourth-order valence-corrected chi connectivity index (χ4v) is 2.52. The molecular weight excluding hydrogens is 405 g/mol. The summed E-state index contributed by atoms with van der Waals surface area (Å²) < 4.78 is 0. The first-order chi connectivity index (χ1) is 11.9. The molecule has 3 heterocycles. The highest BCUT2D eigenvalue weighted by molar-refractivity contribution is 5.90. The molecule has 27 heavy (non-hydrogen) atoms. The first-order valence-electron chi connectivity index (χ1n) is 7.70. The van der Waals surface area contributed by atoms with Gasteiger partial charge in [-0.25, -0.2) is 9.97 Å². The lowest BCUT2D eigenvalue weighted by molar-refractivity contribution is -0.00100. The minimum atomic E-state index is 0. The Morgan fingerprint density at radius 1 is 0.741 bits per heavy atom. The van der Waals surface area contributed by atoms with Crippen LogP contribution in [0.1, 0.15) is 5.56 Å². The number of pyridine rings is 2. The molecule has 0 aliphatic carbocycles. The Balaban J connectivity index is 0.00000121. The van der Waals surface area contributed by atoms with Gasteiger partial charge in [-0.15, -0.1) is 0 Å². The van der Waals surface area contributed by atoms with Crippen LogP contribution < -0.4 is 42.5 Å². The van der Waals surface area contributed by atoms with E-state index >= 15 is 0 Å². The summed E-state index contributed by atoms with van der Waals surface area (Å²) in [5, 5.41) is 4.40. The molecule has 0 saturated heterocycles. The molecule has 5 nitrogen and oxygen atoms in total. The SMILES string of the molecule is [Cl-].[Cl-].[Cl-].c1cncc(CNc2nc(-c3cccnc3)nc3ccccc23)c1. The van der Waals surface area contributed by atoms with Crippen molar-refractivity contribution in [3.05, 3.63) is 78.9 Å². The molecule has 0 atom stereocenters. The molecule has 0 saturated carbocycles. The van der Waals surface area contributed by atoms with Crippen LogP contribution in [0.3, 0.4) is 0 Å². The van der Waals surface area contributed by atoms with Gasteiger partial charge in [-0.1, -0.05) is 18.2 Å². The maximum atomic E-state index is 4.70. The third kappa shape index (κ3) is 5.26. The van der Waals surface area contributed by atoms with E-state index in [0.717, 1.165) is 27.8 Å². The molecule has 0 unspecified atom stereocenters. The first-order valence-corrected chi connectivity index (χ1v) is 7.70. The molecule has 4 rings (SSSR count). The molecule has 0 fully saturated rings. The molecular formula is C19H15Cl3N5-3. The molecule has 0 radical (unpaired) electrons. The number of halogens is 3. The predicted octanol–water partition coefficient (Wildman–Crippen LogP) is -5.29. The van der Waals surface area contributed by atoms with Crippen LogP contribution in [0.5, 0.6) is 0 Å². The Morgan fingerprint density at radius 2 is 1.48 bits per heavy atom. The molecule has 0 bridgehead atoms. The summed E-state index contributed by atoms with van der Waals surface area (Å²) in [4.78, 5) is 17.7. The maximum absolute atomic E-state index is 4.70. The van der Waals surface area contributed by atoms with E-state index in [1.54, 1.807) is 18.6 Å². The lowest BCUT2D eigenvalue weighted by Crippen LogP contribution is -3.00. The number of nitrogens with one attached hydrogen (secondary N) is 1. The highest BCUT2D eigenvalue weighted by Gasteiger charge is 2.09. The van der Waals surface area contributed by atoms with Gasteiger partial charge in [0, 0.05) is 42.3 Å². The third-order valence-corrected chi connectivity index (χ3v) is 3.71. The molecule has 1 N–H and O–H groups in total. The van der Waals surface area contributed by atoms with E-state index in [-0.39, 0.29) is 37.2 Å². The lowest BCUT2D eigenvalue weighted by Gasteiger charge is -2.11. The van der Waals surface area contributed by atoms with Gasteiger partial charge < -0.3 is 42.5 Å². The van der Waals surface area contributed by atoms with Crippen LogP contribution in [0.2, 0.25) is 0 Å². The molecule has 3 aromatic heterocycles. The van der Waals surface area contributed by atoms with Gasteiger partial charge in [0.15, 0.2) is 5.82 Å². The Morgan fingerprint density at radius 3 is 2.19 bits per heavy atom. The van der Waals surface area contributed by atoms with Gasteiger partial charge in [0.2, 0.25) is 0 Å². The smallest absolute Gasteiger partial charge is 0.163 e. The number of fused-ring (bicyclic) bond motifs is 1. The number of hydrogen-bond acceptors (Lipinski definition) is 5. The first kappa shape index (κ1) is 22.6. The molecule has 0 aliphatic rings. The number of anilines is 1. The van der Waals surface area contributed by atoms with Crippen LogP contribution in [0, 0.1) is 0 Å². The van der Waals surface area contributed by atoms with Gasteiger partial charge in [0.05, 0.1) is 5.52 Å². The Kier molecular flexibility index (Phi) is 8.88. The van der Waals surface area contributed by atoms with Crippen LogP contribution in [0.25, 0.3) is 22.3 Å². The monoisotopic (exact) mass is 418 g/mol. The number of nitrogens with zero attached hydrogens (tertiary/aromatic N) is 4. The van der Waals surface area contributed by atoms with E-state index < -0.39 is 0 Å². The zero-order valence-corrected chi connectivity index (χ0v) is 16.3.